The van der Waals surface area contributed by atoms with Crippen molar-refractivity contribution in [3.8, 4) is 0 Å². The largest absolute Gasteiger partial charge is 0.591 e. The summed E-state index contributed by atoms with van der Waals surface area (Å²) in [4.78, 5) is 3.33. The molecule has 1 heterocycles. The number of aromatic nitrogens is 3. The molecule has 0 amide bonds. The first kappa shape index (κ1) is 6.84. The van der Waals surface area contributed by atoms with E-state index in [0.717, 1.165) is 12.7 Å². The SMILES string of the molecule is FC(F)(F)On1cnnc1. The Morgan fingerprint density at radius 2 is 1.70 bits per heavy atom. The zero-order chi connectivity index (χ0) is 7.61. The molecule has 0 aliphatic rings. The molecule has 0 N–H and O–H groups in total. The van der Waals surface area contributed by atoms with Gasteiger partial charge in [0.05, 0.1) is 0 Å². The van der Waals surface area contributed by atoms with Crippen molar-refractivity contribution in [2.75, 3.05) is 0 Å². The number of hydrogen-bond donors (Lipinski definition) is 0. The molecular formula is C3H2F3N3O. The van der Waals surface area contributed by atoms with Crippen molar-refractivity contribution in [2.24, 2.45) is 0 Å². The van der Waals surface area contributed by atoms with E-state index >= 15 is 0 Å². The maximum absolute atomic E-state index is 11.3. The first-order chi connectivity index (χ1) is 4.58. The molecule has 7 heteroatoms. The highest BCUT2D eigenvalue weighted by Gasteiger charge is 2.31. The van der Waals surface area contributed by atoms with E-state index in [4.69, 9.17) is 0 Å². The molecule has 0 aliphatic carbocycles. The van der Waals surface area contributed by atoms with Crippen LogP contribution in [-0.2, 0) is 0 Å². The van der Waals surface area contributed by atoms with Crippen LogP contribution in [0, 0.1) is 0 Å². The van der Waals surface area contributed by atoms with Gasteiger partial charge in [-0.25, -0.2) is 0 Å². The average molecular weight is 153 g/mol. The van der Waals surface area contributed by atoms with Gasteiger partial charge in [0.1, 0.15) is 0 Å². The summed E-state index contributed by atoms with van der Waals surface area (Å²) in [5.74, 6) is 0. The molecule has 1 rings (SSSR count). The Morgan fingerprint density at radius 3 is 2.10 bits per heavy atom. The zero-order valence-electron chi connectivity index (χ0n) is 4.54. The van der Waals surface area contributed by atoms with Crippen LogP contribution in [0.4, 0.5) is 13.2 Å². The minimum Gasteiger partial charge on any atom is -0.310 e. The molecule has 0 aromatic carbocycles. The number of hydrogen-bond acceptors (Lipinski definition) is 3. The second-order valence-corrected chi connectivity index (χ2v) is 1.36. The van der Waals surface area contributed by atoms with Gasteiger partial charge in [0, 0.05) is 0 Å². The Hall–Kier alpha value is -1.27. The van der Waals surface area contributed by atoms with Gasteiger partial charge in [-0.3, -0.25) is 0 Å². The maximum atomic E-state index is 11.3. The van der Waals surface area contributed by atoms with Crippen molar-refractivity contribution in [3.05, 3.63) is 12.7 Å². The van der Waals surface area contributed by atoms with Crippen molar-refractivity contribution in [2.45, 2.75) is 6.36 Å². The Balaban J connectivity index is 2.57. The molecule has 56 valence electrons. The van der Waals surface area contributed by atoms with Crippen LogP contribution < -0.4 is 4.84 Å². The van der Waals surface area contributed by atoms with E-state index in [1.165, 1.54) is 0 Å². The van der Waals surface area contributed by atoms with Gasteiger partial charge in [-0.05, 0) is 0 Å². The van der Waals surface area contributed by atoms with Crippen molar-refractivity contribution >= 4 is 0 Å². The Morgan fingerprint density at radius 1 is 1.20 bits per heavy atom. The molecule has 0 aliphatic heterocycles. The summed E-state index contributed by atoms with van der Waals surface area (Å²) in [6.07, 6.45) is -3.09. The number of alkyl halides is 3. The van der Waals surface area contributed by atoms with E-state index in [-0.39, 0.29) is 0 Å². The van der Waals surface area contributed by atoms with Crippen molar-refractivity contribution in [1.29, 1.82) is 0 Å². The summed E-state index contributed by atoms with van der Waals surface area (Å²) in [5, 5.41) is 6.19. The van der Waals surface area contributed by atoms with Crippen LogP contribution >= 0.6 is 0 Å². The average Bonchev–Trinajstić information content (AvgIpc) is 2.12. The molecule has 10 heavy (non-hydrogen) atoms. The smallest absolute Gasteiger partial charge is 0.310 e. The summed E-state index contributed by atoms with van der Waals surface area (Å²) in [6, 6.07) is 0. The van der Waals surface area contributed by atoms with Gasteiger partial charge in [0.2, 0.25) is 0 Å². The Bertz CT molecular complexity index is 193. The number of rotatable bonds is 1. The maximum Gasteiger partial charge on any atom is 0.591 e. The van der Waals surface area contributed by atoms with E-state index in [9.17, 15) is 13.2 Å². The molecule has 0 spiro atoms. The predicted molar refractivity (Wildman–Crippen MR) is 22.7 cm³/mol. The van der Waals surface area contributed by atoms with Gasteiger partial charge in [0.25, 0.3) is 0 Å². The van der Waals surface area contributed by atoms with Crippen LogP contribution in [0.1, 0.15) is 0 Å². The molecule has 0 saturated heterocycles. The van der Waals surface area contributed by atoms with Gasteiger partial charge in [-0.2, -0.15) is 0 Å². The fourth-order valence-corrected chi connectivity index (χ4v) is 0.358. The lowest BCUT2D eigenvalue weighted by Gasteiger charge is -2.05. The highest BCUT2D eigenvalue weighted by Crippen LogP contribution is 2.11. The second-order valence-electron chi connectivity index (χ2n) is 1.36. The third-order valence-electron chi connectivity index (χ3n) is 0.606. The van der Waals surface area contributed by atoms with Crippen LogP contribution in [0.15, 0.2) is 12.7 Å². The molecule has 1 aromatic rings. The molecule has 0 fully saturated rings. The third kappa shape index (κ3) is 1.92. The van der Waals surface area contributed by atoms with E-state index in [0.29, 0.717) is 4.73 Å². The fraction of sp³-hybridized carbons (Fsp3) is 0.333. The van der Waals surface area contributed by atoms with Crippen LogP contribution in [-0.4, -0.2) is 21.3 Å². The molecule has 0 atom stereocenters. The zero-order valence-corrected chi connectivity index (χ0v) is 4.54. The second kappa shape index (κ2) is 2.16. The molecule has 0 saturated carbocycles. The van der Waals surface area contributed by atoms with Crippen LogP contribution in [0.5, 0.6) is 0 Å². The van der Waals surface area contributed by atoms with Crippen molar-refractivity contribution in [1.82, 2.24) is 14.9 Å². The summed E-state index contributed by atoms with van der Waals surface area (Å²) in [6.45, 7) is 0. The fourth-order valence-electron chi connectivity index (χ4n) is 0.358. The van der Waals surface area contributed by atoms with Crippen LogP contribution in [0.2, 0.25) is 0 Å². The van der Waals surface area contributed by atoms with Crippen LogP contribution in [0.25, 0.3) is 0 Å². The Labute approximate surface area is 53.2 Å². The monoisotopic (exact) mass is 153 g/mol. The first-order valence-corrected chi connectivity index (χ1v) is 2.19. The first-order valence-electron chi connectivity index (χ1n) is 2.19. The van der Waals surface area contributed by atoms with E-state index in [1.807, 2.05) is 0 Å². The van der Waals surface area contributed by atoms with E-state index in [2.05, 4.69) is 15.0 Å². The van der Waals surface area contributed by atoms with Gasteiger partial charge in [0.15, 0.2) is 12.7 Å². The molecular weight excluding hydrogens is 151 g/mol. The van der Waals surface area contributed by atoms with Gasteiger partial charge >= 0.3 is 6.36 Å². The third-order valence-corrected chi connectivity index (χ3v) is 0.606. The molecule has 4 nitrogen and oxygen atoms in total. The lowest BCUT2D eigenvalue weighted by Crippen LogP contribution is -2.25. The van der Waals surface area contributed by atoms with E-state index < -0.39 is 6.36 Å². The summed E-state index contributed by atoms with van der Waals surface area (Å²) >= 11 is 0. The minimum absolute atomic E-state index is 0.361. The number of halogens is 3. The highest BCUT2D eigenvalue weighted by atomic mass is 19.4. The van der Waals surface area contributed by atoms with Gasteiger partial charge in [-0.15, -0.1) is 28.1 Å². The normalized spacial score (nSPS) is 11.5. The topological polar surface area (TPSA) is 39.9 Å². The molecule has 0 unspecified atom stereocenters. The van der Waals surface area contributed by atoms with Crippen molar-refractivity contribution < 1.29 is 18.0 Å². The lowest BCUT2D eigenvalue weighted by molar-refractivity contribution is -0.323. The predicted octanol–water partition coefficient (Wildman–Crippen LogP) is 0.226. The summed E-state index contributed by atoms with van der Waals surface area (Å²) < 4.78 is 34.3. The molecule has 0 radical (unpaired) electrons. The molecule has 1 aromatic heterocycles. The Kier molecular flexibility index (Phi) is 1.48. The highest BCUT2D eigenvalue weighted by molar-refractivity contribution is 4.52. The van der Waals surface area contributed by atoms with Gasteiger partial charge in [-0.1, -0.05) is 0 Å². The van der Waals surface area contributed by atoms with Crippen molar-refractivity contribution in [3.63, 3.8) is 0 Å². The minimum atomic E-state index is -4.69. The van der Waals surface area contributed by atoms with Crippen LogP contribution in [0.3, 0.4) is 0 Å². The van der Waals surface area contributed by atoms with Gasteiger partial charge < -0.3 is 4.84 Å². The molecule has 0 bridgehead atoms. The summed E-state index contributed by atoms with van der Waals surface area (Å²) in [5.41, 5.74) is 0. The summed E-state index contributed by atoms with van der Waals surface area (Å²) in [7, 11) is 0. The van der Waals surface area contributed by atoms with E-state index in [1.54, 1.807) is 0 Å². The standard InChI is InChI=1S/C3H2F3N3O/c4-3(5,6)10-9-1-7-8-2-9/h1-2H. The quantitative estimate of drug-likeness (QED) is 0.579. The lowest BCUT2D eigenvalue weighted by atomic mass is 11.2. The number of nitrogens with zero attached hydrogens (tertiary/aromatic N) is 3.